The van der Waals surface area contributed by atoms with Gasteiger partial charge in [0.15, 0.2) is 0 Å². The average molecular weight is 289 g/mol. The molecule has 5 heteroatoms. The molecule has 0 radical (unpaired) electrons. The number of hydrogen-bond donors (Lipinski definition) is 0. The van der Waals surface area contributed by atoms with Gasteiger partial charge in [0, 0.05) is 5.57 Å². The first-order valence-corrected chi connectivity index (χ1v) is 13.2. The third kappa shape index (κ3) is 3.19. The summed E-state index contributed by atoms with van der Waals surface area (Å²) >= 11 is 0. The van der Waals surface area contributed by atoms with Gasteiger partial charge in [0.1, 0.15) is 0 Å². The van der Waals surface area contributed by atoms with E-state index < -0.39 is 15.7 Å². The molecule has 1 rings (SSSR count). The van der Waals surface area contributed by atoms with Gasteiger partial charge in [-0.2, -0.15) is 0 Å². The number of methoxy groups -OCH3 is 1. The maximum Gasteiger partial charge on any atom is 0.267 e. The molecule has 0 N–H and O–H groups in total. The van der Waals surface area contributed by atoms with Gasteiger partial charge in [0.05, 0.1) is 12.7 Å². The van der Waals surface area contributed by atoms with Crippen molar-refractivity contribution < 1.29 is 13.6 Å². The van der Waals surface area contributed by atoms with E-state index in [1.54, 1.807) is 7.11 Å². The maximum atomic E-state index is 6.40. The molecule has 0 aromatic rings. The minimum Gasteiger partial charge on any atom is -0.519 e. The fourth-order valence-corrected chi connectivity index (χ4v) is 11.5. The molecular formula is C13H28O3Si2. The van der Waals surface area contributed by atoms with Crippen LogP contribution in [0.5, 0.6) is 0 Å². The highest BCUT2D eigenvalue weighted by Gasteiger charge is 2.57. The van der Waals surface area contributed by atoms with Crippen LogP contribution in [-0.4, -0.2) is 28.4 Å². The highest BCUT2D eigenvalue weighted by Crippen LogP contribution is 2.40. The van der Waals surface area contributed by atoms with E-state index in [1.165, 1.54) is 0 Å². The van der Waals surface area contributed by atoms with E-state index in [4.69, 9.17) is 13.6 Å². The van der Waals surface area contributed by atoms with Gasteiger partial charge in [-0.15, -0.1) is 0 Å². The maximum absolute atomic E-state index is 6.40. The molecule has 0 aromatic heterocycles. The van der Waals surface area contributed by atoms with Gasteiger partial charge in [-0.25, -0.2) is 0 Å². The van der Waals surface area contributed by atoms with E-state index in [0.717, 1.165) is 18.0 Å². The van der Waals surface area contributed by atoms with E-state index in [-0.39, 0.29) is 5.60 Å². The lowest BCUT2D eigenvalue weighted by Gasteiger charge is -2.49. The minimum atomic E-state index is -1.87. The predicted octanol–water partition coefficient (Wildman–Crippen LogP) is 3.96. The lowest BCUT2D eigenvalue weighted by Crippen LogP contribution is -2.67. The van der Waals surface area contributed by atoms with Gasteiger partial charge in [-0.1, -0.05) is 0 Å². The summed E-state index contributed by atoms with van der Waals surface area (Å²) in [6.45, 7) is 15.3. The molecule has 1 saturated heterocycles. The molecule has 18 heavy (non-hydrogen) atoms. The van der Waals surface area contributed by atoms with Crippen molar-refractivity contribution in [3.8, 4) is 0 Å². The molecular weight excluding hydrogens is 260 g/mol. The molecule has 0 aliphatic carbocycles. The van der Waals surface area contributed by atoms with Crippen LogP contribution in [0.2, 0.25) is 25.7 Å². The minimum absolute atomic E-state index is 0.00377. The van der Waals surface area contributed by atoms with E-state index in [2.05, 4.69) is 33.5 Å². The normalized spacial score (nSPS) is 29.6. The van der Waals surface area contributed by atoms with Crippen LogP contribution in [0.15, 0.2) is 11.5 Å². The Morgan fingerprint density at radius 3 is 2.11 bits per heavy atom. The van der Waals surface area contributed by atoms with Crippen LogP contribution in [0.1, 0.15) is 34.1 Å². The van der Waals surface area contributed by atoms with Gasteiger partial charge >= 0.3 is 0 Å². The summed E-state index contributed by atoms with van der Waals surface area (Å²) in [5, 5.41) is 0. The van der Waals surface area contributed by atoms with Crippen molar-refractivity contribution in [2.75, 3.05) is 7.11 Å². The number of hydrogen-bond acceptors (Lipinski definition) is 3. The lowest BCUT2D eigenvalue weighted by atomic mass is 10.1. The zero-order valence-corrected chi connectivity index (χ0v) is 15.1. The number of ether oxygens (including phenoxy) is 1. The first-order chi connectivity index (χ1) is 8.03. The van der Waals surface area contributed by atoms with E-state index in [0.29, 0.717) is 5.95 Å². The second-order valence-electron chi connectivity index (χ2n) is 6.70. The third-order valence-electron chi connectivity index (χ3n) is 3.92. The van der Waals surface area contributed by atoms with Crippen molar-refractivity contribution in [1.82, 2.24) is 0 Å². The summed E-state index contributed by atoms with van der Waals surface area (Å²) in [5.74, 6) is 0.702. The van der Waals surface area contributed by atoms with Crippen molar-refractivity contribution >= 4 is 15.7 Å². The third-order valence-corrected chi connectivity index (χ3v) is 18.4. The summed E-state index contributed by atoms with van der Waals surface area (Å²) < 4.78 is 18.1. The van der Waals surface area contributed by atoms with Crippen molar-refractivity contribution in [3.05, 3.63) is 11.5 Å². The number of allylic oxidation sites excluding steroid dienone is 1. The van der Waals surface area contributed by atoms with E-state index in [1.807, 2.05) is 13.8 Å². The molecule has 0 bridgehead atoms. The summed E-state index contributed by atoms with van der Waals surface area (Å²) in [7, 11) is -1.99. The van der Waals surface area contributed by atoms with Crippen LogP contribution in [0.3, 0.4) is 0 Å². The molecule has 1 atom stereocenters. The summed E-state index contributed by atoms with van der Waals surface area (Å²) in [6.07, 6.45) is 1.08. The highest BCUT2D eigenvalue weighted by molar-refractivity contribution is 7.36. The Morgan fingerprint density at radius 2 is 1.72 bits per heavy atom. The Labute approximate surface area is 114 Å². The Hall–Kier alpha value is -0.266. The van der Waals surface area contributed by atoms with E-state index in [9.17, 15) is 0 Å². The Balaban J connectivity index is 2.96. The Bertz CT molecular complexity index is 346. The van der Waals surface area contributed by atoms with Crippen LogP contribution in [-0.2, 0) is 13.6 Å². The molecule has 0 amide bonds. The second-order valence-corrected chi connectivity index (χ2v) is 19.9. The van der Waals surface area contributed by atoms with E-state index >= 15 is 0 Å². The van der Waals surface area contributed by atoms with Crippen molar-refractivity contribution in [2.45, 2.75) is 65.4 Å². The monoisotopic (exact) mass is 288 g/mol. The average Bonchev–Trinajstić information content (AvgIpc) is 2.19. The van der Waals surface area contributed by atoms with Gasteiger partial charge in [0.2, 0.25) is 7.83 Å². The van der Waals surface area contributed by atoms with Crippen LogP contribution in [0.25, 0.3) is 0 Å². The fourth-order valence-electron chi connectivity index (χ4n) is 2.42. The summed E-state index contributed by atoms with van der Waals surface area (Å²) in [4.78, 5) is 0. The highest BCUT2D eigenvalue weighted by atomic mass is 29.3. The Morgan fingerprint density at radius 1 is 1.17 bits per heavy atom. The first kappa shape index (κ1) is 15.8. The first-order valence-electron chi connectivity index (χ1n) is 6.64. The molecule has 1 fully saturated rings. The largest absolute Gasteiger partial charge is 0.519 e. The molecule has 3 nitrogen and oxygen atoms in total. The fraction of sp³-hybridized carbons (Fsp3) is 0.846. The zero-order chi connectivity index (χ0) is 14.2. The molecule has 1 heterocycles. The van der Waals surface area contributed by atoms with Gasteiger partial charge in [-0.05, 0) is 59.8 Å². The summed E-state index contributed by atoms with van der Waals surface area (Å²) in [6, 6.07) is 1.15. The predicted molar refractivity (Wildman–Crippen MR) is 80.2 cm³/mol. The topological polar surface area (TPSA) is 27.7 Å². The molecule has 1 aliphatic heterocycles. The lowest BCUT2D eigenvalue weighted by molar-refractivity contribution is 0.0796. The van der Waals surface area contributed by atoms with Crippen molar-refractivity contribution in [3.63, 3.8) is 0 Å². The SMILES string of the molecule is COC(O[Si]1(C)CCC(C)(C)O[Si]1(C)C)=C(C)C. The van der Waals surface area contributed by atoms with Crippen LogP contribution in [0.4, 0.5) is 0 Å². The number of rotatable bonds is 3. The Kier molecular flexibility index (Phi) is 4.40. The van der Waals surface area contributed by atoms with Gasteiger partial charge in [0.25, 0.3) is 13.8 Å². The molecule has 0 saturated carbocycles. The van der Waals surface area contributed by atoms with Crippen LogP contribution < -0.4 is 0 Å². The van der Waals surface area contributed by atoms with Crippen molar-refractivity contribution in [1.29, 1.82) is 0 Å². The smallest absolute Gasteiger partial charge is 0.267 e. The van der Waals surface area contributed by atoms with Crippen molar-refractivity contribution in [2.24, 2.45) is 0 Å². The van der Waals surface area contributed by atoms with Gasteiger partial charge < -0.3 is 13.6 Å². The standard InChI is InChI=1S/C13H28O3Si2/c1-11(2)12(14-5)15-18(8)10-9-13(3,4)16-17(18,6)7/h9-10H2,1-8H3. The van der Waals surface area contributed by atoms with Crippen LogP contribution >= 0.6 is 0 Å². The van der Waals surface area contributed by atoms with Crippen LogP contribution in [0, 0.1) is 0 Å². The molecule has 1 aliphatic rings. The molecule has 106 valence electrons. The second kappa shape index (κ2) is 5.02. The molecule has 0 aromatic carbocycles. The molecule has 1 unspecified atom stereocenters. The summed E-state index contributed by atoms with van der Waals surface area (Å²) in [5.41, 5.74) is 1.10. The quantitative estimate of drug-likeness (QED) is 0.581. The zero-order valence-electron chi connectivity index (χ0n) is 13.1. The van der Waals surface area contributed by atoms with Gasteiger partial charge in [-0.3, -0.25) is 0 Å². The molecule has 0 spiro atoms.